The molecule has 2 aromatic carbocycles. The smallest absolute Gasteiger partial charge is 0.241 e. The van der Waals surface area contributed by atoms with E-state index in [4.69, 9.17) is 25.8 Å². The van der Waals surface area contributed by atoms with Gasteiger partial charge in [-0.05, 0) is 19.9 Å². The summed E-state index contributed by atoms with van der Waals surface area (Å²) in [4.78, 5) is 63.9. The molecule has 45 heavy (non-hydrogen) atoms. The predicted octanol–water partition coefficient (Wildman–Crippen LogP) is -0.652. The van der Waals surface area contributed by atoms with Gasteiger partial charge in [0.05, 0.1) is 41.4 Å². The van der Waals surface area contributed by atoms with Crippen molar-refractivity contribution >= 4 is 29.0 Å². The Morgan fingerprint density at radius 2 is 1.80 bits per heavy atom. The second kappa shape index (κ2) is 11.9. The third-order valence-corrected chi connectivity index (χ3v) is 8.49. The van der Waals surface area contributed by atoms with Crippen LogP contribution < -0.4 is 21.7 Å². The second-order valence-corrected chi connectivity index (χ2v) is 11.5. The summed E-state index contributed by atoms with van der Waals surface area (Å²) in [5.41, 5.74) is 3.85. The molecule has 1 heterocycles. The van der Waals surface area contributed by atoms with E-state index in [1.165, 1.54) is 18.2 Å². The van der Waals surface area contributed by atoms with Crippen molar-refractivity contribution in [2.24, 2.45) is 11.6 Å². The Hall–Kier alpha value is -4.25. The lowest BCUT2D eigenvalue weighted by Gasteiger charge is -2.42. The Balaban J connectivity index is 1.59. The number of amides is 1. The molecule has 0 spiro atoms. The number of carbonyl (C=O) groups is 5. The molecule has 4 unspecified atom stereocenters. The Labute approximate surface area is 256 Å². The van der Waals surface area contributed by atoms with Gasteiger partial charge in [-0.3, -0.25) is 29.4 Å². The Kier molecular flexibility index (Phi) is 8.52. The molecule has 6 atom stereocenters. The molecule has 0 bridgehead atoms. The molecule has 0 saturated carbocycles. The first-order chi connectivity index (χ1) is 21.2. The molecule has 1 fully saturated rings. The molecule has 9 N–H and O–H groups in total. The first-order valence-electron chi connectivity index (χ1n) is 14.1. The molecule has 3 aliphatic rings. The number of hydrazine groups is 1. The van der Waals surface area contributed by atoms with Gasteiger partial charge in [-0.15, -0.1) is 0 Å². The van der Waals surface area contributed by atoms with Crippen LogP contribution in [-0.4, -0.2) is 86.2 Å². The molecular weight excluding hydrogens is 594 g/mol. The molecule has 15 nitrogen and oxygen atoms in total. The van der Waals surface area contributed by atoms with Crippen LogP contribution in [0.3, 0.4) is 0 Å². The molecule has 240 valence electrons. The molecule has 15 heteroatoms. The average Bonchev–Trinajstić information content (AvgIpc) is 2.98. The number of ketones is 4. The maximum Gasteiger partial charge on any atom is 0.241 e. The van der Waals surface area contributed by atoms with Gasteiger partial charge in [0.15, 0.2) is 23.6 Å². The molecule has 0 aromatic heterocycles. The number of aliphatic hydroxyl groups excluding tert-OH is 1. The number of hydrogen-bond acceptors (Lipinski definition) is 14. The van der Waals surface area contributed by atoms with Crippen molar-refractivity contribution in [1.29, 1.82) is 0 Å². The fourth-order valence-corrected chi connectivity index (χ4v) is 6.05. The average molecular weight is 628 g/mol. The molecule has 2 aromatic rings. The van der Waals surface area contributed by atoms with Gasteiger partial charge in [-0.2, -0.15) is 0 Å². The van der Waals surface area contributed by atoms with Gasteiger partial charge in [0.25, 0.3) is 0 Å². The Bertz CT molecular complexity index is 1610. The molecular formula is C30H33N3O12. The number of carbonyl (C=O) groups excluding carboxylic acids is 5. The number of benzene rings is 2. The monoisotopic (exact) mass is 627 g/mol. The molecule has 2 aliphatic carbocycles. The fraction of sp³-hybridized carbons (Fsp3) is 0.433. The van der Waals surface area contributed by atoms with Crippen molar-refractivity contribution in [1.82, 2.24) is 5.43 Å². The van der Waals surface area contributed by atoms with E-state index in [0.29, 0.717) is 0 Å². The Morgan fingerprint density at radius 1 is 1.11 bits per heavy atom. The molecule has 1 aliphatic heterocycles. The number of hydrogen-bond donors (Lipinski definition) is 7. The van der Waals surface area contributed by atoms with Gasteiger partial charge in [0, 0.05) is 42.0 Å². The van der Waals surface area contributed by atoms with Crippen LogP contribution in [0.15, 0.2) is 18.2 Å². The van der Waals surface area contributed by atoms with Crippen LogP contribution in [0.2, 0.25) is 0 Å². The molecule has 0 radical (unpaired) electrons. The van der Waals surface area contributed by atoms with Gasteiger partial charge in [0.2, 0.25) is 11.7 Å². The highest BCUT2D eigenvalue weighted by atomic mass is 16.7. The summed E-state index contributed by atoms with van der Waals surface area (Å²) in [5.74, 6) is -0.536. The lowest BCUT2D eigenvalue weighted by atomic mass is 9.72. The van der Waals surface area contributed by atoms with E-state index < -0.39 is 114 Å². The van der Waals surface area contributed by atoms with Crippen LogP contribution in [0.4, 0.5) is 0 Å². The maximum absolute atomic E-state index is 14.0. The minimum Gasteiger partial charge on any atom is -0.507 e. The van der Waals surface area contributed by atoms with Crippen LogP contribution in [0, 0.1) is 0 Å². The first-order valence-corrected chi connectivity index (χ1v) is 14.1. The number of nitrogens with two attached hydrogens (primary N) is 2. The van der Waals surface area contributed by atoms with Crippen molar-refractivity contribution in [3.05, 3.63) is 51.6 Å². The van der Waals surface area contributed by atoms with Gasteiger partial charge in [-0.1, -0.05) is 12.1 Å². The number of ether oxygens (including phenoxy) is 3. The highest BCUT2D eigenvalue weighted by molar-refractivity contribution is 6.31. The number of phenols is 2. The lowest BCUT2D eigenvalue weighted by molar-refractivity contribution is -0.247. The zero-order chi connectivity index (χ0) is 33.0. The maximum atomic E-state index is 14.0. The molecule has 1 saturated heterocycles. The summed E-state index contributed by atoms with van der Waals surface area (Å²) < 4.78 is 17.3. The highest BCUT2D eigenvalue weighted by Gasteiger charge is 2.49. The number of aromatic hydroxyl groups is 2. The second-order valence-electron chi connectivity index (χ2n) is 11.5. The number of rotatable bonds is 8. The number of Topliss-reactive ketones (excluding diaryl/α,β-unsaturated/α-hetero) is 2. The van der Waals surface area contributed by atoms with E-state index in [1.807, 2.05) is 5.43 Å². The van der Waals surface area contributed by atoms with Gasteiger partial charge >= 0.3 is 0 Å². The summed E-state index contributed by atoms with van der Waals surface area (Å²) in [6.07, 6.45) is -5.63. The van der Waals surface area contributed by atoms with E-state index in [9.17, 15) is 44.4 Å². The zero-order valence-corrected chi connectivity index (χ0v) is 24.4. The fourth-order valence-electron chi connectivity index (χ4n) is 6.05. The van der Waals surface area contributed by atoms with E-state index in [-0.39, 0.29) is 34.4 Å². The summed E-state index contributed by atoms with van der Waals surface area (Å²) in [6, 6.07) is 3.24. The van der Waals surface area contributed by atoms with Gasteiger partial charge in [-0.25, -0.2) is 5.84 Å². The summed E-state index contributed by atoms with van der Waals surface area (Å²) in [7, 11) is 0. The standard InChI is InChI=1S/C30H33N3O12/c1-11-25(37)16(31)7-20(44-11)45-18-9-30(42,12(2)34)8-15-22(18)29(41)24-23(27(15)39)26(38)14-4-3-5-17(21(14)28(24)40)43-10-13(35)6-19(36)33-32/h3-5,11,16,18,20,25,37,39,41-42H,6-10,31-32H2,1-2H3,(H,33,36)/t11?,16?,18-,20?,25?,30-/m0/s1. The summed E-state index contributed by atoms with van der Waals surface area (Å²) in [5, 5.41) is 44.6. The number of phenolic OH excluding ortho intramolecular Hbond substituents is 2. The zero-order valence-electron chi connectivity index (χ0n) is 24.4. The predicted molar refractivity (Wildman–Crippen MR) is 151 cm³/mol. The van der Waals surface area contributed by atoms with E-state index in [1.54, 1.807) is 6.92 Å². The van der Waals surface area contributed by atoms with Crippen LogP contribution >= 0.6 is 0 Å². The normalized spacial score (nSPS) is 27.2. The highest BCUT2D eigenvalue weighted by Crippen LogP contribution is 2.52. The first kappa shape index (κ1) is 32.2. The van der Waals surface area contributed by atoms with Gasteiger partial charge in [0.1, 0.15) is 29.5 Å². The minimum absolute atomic E-state index is 0.00464. The Morgan fingerprint density at radius 3 is 2.44 bits per heavy atom. The lowest BCUT2D eigenvalue weighted by Crippen LogP contribution is -2.52. The van der Waals surface area contributed by atoms with Crippen molar-refractivity contribution in [3.63, 3.8) is 0 Å². The van der Waals surface area contributed by atoms with Gasteiger partial charge < -0.3 is 40.4 Å². The third kappa shape index (κ3) is 5.58. The van der Waals surface area contributed by atoms with Crippen LogP contribution in [0.1, 0.15) is 82.2 Å². The van der Waals surface area contributed by atoms with E-state index in [0.717, 1.165) is 6.92 Å². The minimum atomic E-state index is -2.08. The number of fused-ring (bicyclic) bond motifs is 3. The van der Waals surface area contributed by atoms with E-state index in [2.05, 4.69) is 0 Å². The summed E-state index contributed by atoms with van der Waals surface area (Å²) in [6.45, 7) is 2.07. The topological polar surface area (TPSA) is 258 Å². The van der Waals surface area contributed by atoms with Crippen molar-refractivity contribution < 1.29 is 58.6 Å². The van der Waals surface area contributed by atoms with Crippen LogP contribution in [0.25, 0.3) is 0 Å². The van der Waals surface area contributed by atoms with Crippen LogP contribution in [-0.2, 0) is 30.3 Å². The third-order valence-electron chi connectivity index (χ3n) is 8.49. The van der Waals surface area contributed by atoms with Crippen molar-refractivity contribution in [3.8, 4) is 17.2 Å². The SMILES string of the molecule is CC(=O)[C@]1(O)Cc2c(O)c3c(c(O)c2[C@@H](OC2CC(N)C(O)C(C)O2)C1)C(=O)c1c(OCC(=O)CC(=O)NN)cccc1C3=O. The largest absolute Gasteiger partial charge is 0.507 e. The quantitative estimate of drug-likeness (QED) is 0.0538. The van der Waals surface area contributed by atoms with Crippen molar-refractivity contribution in [2.75, 3.05) is 6.61 Å². The van der Waals surface area contributed by atoms with E-state index >= 15 is 0 Å². The summed E-state index contributed by atoms with van der Waals surface area (Å²) >= 11 is 0. The van der Waals surface area contributed by atoms with Crippen LogP contribution in [0.5, 0.6) is 17.2 Å². The van der Waals surface area contributed by atoms with Crippen molar-refractivity contribution in [2.45, 2.75) is 75.8 Å². The molecule has 5 rings (SSSR count). The number of aliphatic hydroxyl groups is 2. The number of nitrogens with one attached hydrogen (secondary N) is 1. The molecule has 1 amide bonds.